The highest BCUT2D eigenvalue weighted by Gasteiger charge is 2.13. The van der Waals surface area contributed by atoms with Gasteiger partial charge in [0.1, 0.15) is 5.82 Å². The van der Waals surface area contributed by atoms with Gasteiger partial charge in [-0.05, 0) is 18.2 Å². The van der Waals surface area contributed by atoms with Crippen LogP contribution in [0.2, 0.25) is 0 Å². The second-order valence-electron chi connectivity index (χ2n) is 5.07. The van der Waals surface area contributed by atoms with Crippen molar-refractivity contribution in [1.29, 1.82) is 0 Å². The number of nitro groups is 1. The Morgan fingerprint density at radius 2 is 2.04 bits per heavy atom. The Bertz CT molecular complexity index is 901. The van der Waals surface area contributed by atoms with E-state index in [4.69, 9.17) is 0 Å². The van der Waals surface area contributed by atoms with Gasteiger partial charge in [-0.2, -0.15) is 0 Å². The molecule has 7 heteroatoms. The standard InChI is InChI=1S/C16H14N4O3/c1-19-14-8-3-2-7-13(14)18-15(19)10-17-16(21)11-5-4-6-12(9-11)20(22)23/h2-9H,10H2,1H3,(H,17,21). The van der Waals surface area contributed by atoms with Crippen molar-refractivity contribution in [2.45, 2.75) is 6.54 Å². The largest absolute Gasteiger partial charge is 0.345 e. The van der Waals surface area contributed by atoms with Gasteiger partial charge in [-0.3, -0.25) is 14.9 Å². The lowest BCUT2D eigenvalue weighted by atomic mass is 10.2. The molecule has 0 aliphatic rings. The number of imidazole rings is 1. The van der Waals surface area contributed by atoms with E-state index in [0.29, 0.717) is 5.82 Å². The second kappa shape index (κ2) is 5.88. The van der Waals surface area contributed by atoms with Gasteiger partial charge in [0, 0.05) is 24.7 Å². The molecular weight excluding hydrogens is 296 g/mol. The fourth-order valence-electron chi connectivity index (χ4n) is 2.38. The van der Waals surface area contributed by atoms with Crippen LogP contribution in [0.15, 0.2) is 48.5 Å². The summed E-state index contributed by atoms with van der Waals surface area (Å²) in [6.07, 6.45) is 0. The van der Waals surface area contributed by atoms with Crippen molar-refractivity contribution in [1.82, 2.24) is 14.9 Å². The number of hydrogen-bond acceptors (Lipinski definition) is 4. The van der Waals surface area contributed by atoms with Crippen LogP contribution in [0.3, 0.4) is 0 Å². The maximum absolute atomic E-state index is 12.1. The fraction of sp³-hybridized carbons (Fsp3) is 0.125. The lowest BCUT2D eigenvalue weighted by Crippen LogP contribution is -2.24. The third-order valence-electron chi connectivity index (χ3n) is 3.61. The average molecular weight is 310 g/mol. The van der Waals surface area contributed by atoms with Crippen LogP contribution in [0.4, 0.5) is 5.69 Å². The molecule has 3 aromatic rings. The van der Waals surface area contributed by atoms with Gasteiger partial charge in [-0.25, -0.2) is 4.98 Å². The molecule has 23 heavy (non-hydrogen) atoms. The maximum Gasteiger partial charge on any atom is 0.270 e. The zero-order chi connectivity index (χ0) is 16.4. The number of amides is 1. The SMILES string of the molecule is Cn1c(CNC(=O)c2cccc([N+](=O)[O-])c2)nc2ccccc21. The van der Waals surface area contributed by atoms with E-state index in [-0.39, 0.29) is 23.7 Å². The highest BCUT2D eigenvalue weighted by molar-refractivity contribution is 5.94. The average Bonchev–Trinajstić information content (AvgIpc) is 2.89. The summed E-state index contributed by atoms with van der Waals surface area (Å²) in [4.78, 5) is 26.8. The molecule has 0 bridgehead atoms. The van der Waals surface area contributed by atoms with Crippen molar-refractivity contribution < 1.29 is 9.72 Å². The van der Waals surface area contributed by atoms with Crippen molar-refractivity contribution in [2.75, 3.05) is 0 Å². The fourth-order valence-corrected chi connectivity index (χ4v) is 2.38. The lowest BCUT2D eigenvalue weighted by molar-refractivity contribution is -0.384. The first kappa shape index (κ1) is 14.7. The number of nitrogens with one attached hydrogen (secondary N) is 1. The molecule has 0 radical (unpaired) electrons. The Kier molecular flexibility index (Phi) is 3.76. The maximum atomic E-state index is 12.1. The lowest BCUT2D eigenvalue weighted by Gasteiger charge is -2.05. The van der Waals surface area contributed by atoms with E-state index < -0.39 is 4.92 Å². The van der Waals surface area contributed by atoms with Crippen molar-refractivity contribution >= 4 is 22.6 Å². The summed E-state index contributed by atoms with van der Waals surface area (Å²) in [6, 6.07) is 13.3. The monoisotopic (exact) mass is 310 g/mol. The van der Waals surface area contributed by atoms with Gasteiger partial charge in [-0.1, -0.05) is 18.2 Å². The van der Waals surface area contributed by atoms with Gasteiger partial charge in [-0.15, -0.1) is 0 Å². The normalized spacial score (nSPS) is 10.7. The van der Waals surface area contributed by atoms with Crippen LogP contribution in [0.1, 0.15) is 16.2 Å². The number of fused-ring (bicyclic) bond motifs is 1. The number of hydrogen-bond donors (Lipinski definition) is 1. The van der Waals surface area contributed by atoms with Gasteiger partial charge in [0.15, 0.2) is 0 Å². The first-order valence-electron chi connectivity index (χ1n) is 6.99. The van der Waals surface area contributed by atoms with E-state index in [1.54, 1.807) is 0 Å². The van der Waals surface area contributed by atoms with Crippen LogP contribution in [0.25, 0.3) is 11.0 Å². The Hall–Kier alpha value is -3.22. The number of aryl methyl sites for hydroxylation is 1. The predicted molar refractivity (Wildman–Crippen MR) is 85.0 cm³/mol. The van der Waals surface area contributed by atoms with E-state index in [1.807, 2.05) is 35.9 Å². The minimum absolute atomic E-state index is 0.111. The van der Waals surface area contributed by atoms with Crippen molar-refractivity contribution in [3.8, 4) is 0 Å². The molecule has 0 atom stereocenters. The van der Waals surface area contributed by atoms with Gasteiger partial charge < -0.3 is 9.88 Å². The molecule has 116 valence electrons. The number of nitro benzene ring substituents is 1. The smallest absolute Gasteiger partial charge is 0.270 e. The van der Waals surface area contributed by atoms with Crippen LogP contribution in [-0.4, -0.2) is 20.4 Å². The van der Waals surface area contributed by atoms with Crippen LogP contribution in [0, 0.1) is 10.1 Å². The summed E-state index contributed by atoms with van der Waals surface area (Å²) in [5.74, 6) is 0.339. The predicted octanol–water partition coefficient (Wildman–Crippen LogP) is 2.41. The number of para-hydroxylation sites is 2. The van der Waals surface area contributed by atoms with Crippen LogP contribution in [0.5, 0.6) is 0 Å². The highest BCUT2D eigenvalue weighted by Crippen LogP contribution is 2.15. The minimum Gasteiger partial charge on any atom is -0.345 e. The minimum atomic E-state index is -0.526. The third-order valence-corrected chi connectivity index (χ3v) is 3.61. The first-order chi connectivity index (χ1) is 11.1. The molecule has 0 saturated carbocycles. The number of carbonyl (C=O) groups is 1. The number of benzene rings is 2. The van der Waals surface area contributed by atoms with Crippen molar-refractivity contribution in [3.05, 3.63) is 70.0 Å². The number of carbonyl (C=O) groups excluding carboxylic acids is 1. The molecule has 3 rings (SSSR count). The zero-order valence-corrected chi connectivity index (χ0v) is 12.4. The molecule has 2 aromatic carbocycles. The third kappa shape index (κ3) is 2.89. The van der Waals surface area contributed by atoms with Gasteiger partial charge in [0.25, 0.3) is 11.6 Å². The number of nitrogens with zero attached hydrogens (tertiary/aromatic N) is 3. The van der Waals surface area contributed by atoms with Gasteiger partial charge >= 0.3 is 0 Å². The van der Waals surface area contributed by atoms with Crippen LogP contribution < -0.4 is 5.32 Å². The topological polar surface area (TPSA) is 90.1 Å². The summed E-state index contributed by atoms with van der Waals surface area (Å²) in [5, 5.41) is 13.5. The van der Waals surface area contributed by atoms with E-state index in [9.17, 15) is 14.9 Å². The second-order valence-corrected chi connectivity index (χ2v) is 5.07. The quantitative estimate of drug-likeness (QED) is 0.592. The number of non-ortho nitro benzene ring substituents is 1. The molecule has 0 spiro atoms. The van der Waals surface area contributed by atoms with Crippen molar-refractivity contribution in [2.24, 2.45) is 7.05 Å². The summed E-state index contributed by atoms with van der Waals surface area (Å²) in [5.41, 5.74) is 1.97. The van der Waals surface area contributed by atoms with E-state index in [1.165, 1.54) is 24.3 Å². The van der Waals surface area contributed by atoms with E-state index >= 15 is 0 Å². The number of aromatic nitrogens is 2. The molecule has 0 aliphatic carbocycles. The Morgan fingerprint density at radius 1 is 1.26 bits per heavy atom. The first-order valence-corrected chi connectivity index (χ1v) is 6.99. The molecule has 1 heterocycles. The summed E-state index contributed by atoms with van der Waals surface area (Å²) in [6.45, 7) is 0.243. The molecule has 1 aromatic heterocycles. The Morgan fingerprint density at radius 3 is 2.78 bits per heavy atom. The molecule has 1 amide bonds. The van der Waals surface area contributed by atoms with Crippen LogP contribution in [-0.2, 0) is 13.6 Å². The molecule has 0 aliphatic heterocycles. The van der Waals surface area contributed by atoms with Crippen LogP contribution >= 0.6 is 0 Å². The molecule has 0 unspecified atom stereocenters. The summed E-state index contributed by atoms with van der Waals surface area (Å²) >= 11 is 0. The molecular formula is C16H14N4O3. The van der Waals surface area contributed by atoms with E-state index in [0.717, 1.165) is 11.0 Å². The highest BCUT2D eigenvalue weighted by atomic mass is 16.6. The zero-order valence-electron chi connectivity index (χ0n) is 12.4. The molecule has 0 saturated heterocycles. The molecule has 0 fully saturated rings. The van der Waals surface area contributed by atoms with Crippen molar-refractivity contribution in [3.63, 3.8) is 0 Å². The van der Waals surface area contributed by atoms with E-state index in [2.05, 4.69) is 10.3 Å². The number of rotatable bonds is 4. The van der Waals surface area contributed by atoms with Gasteiger partial charge in [0.05, 0.1) is 22.5 Å². The molecule has 1 N–H and O–H groups in total. The Balaban J connectivity index is 1.77. The summed E-state index contributed by atoms with van der Waals surface area (Å²) in [7, 11) is 1.88. The summed E-state index contributed by atoms with van der Waals surface area (Å²) < 4.78 is 1.91. The van der Waals surface area contributed by atoms with Gasteiger partial charge in [0.2, 0.25) is 0 Å². The Labute approximate surface area is 131 Å². The molecule has 7 nitrogen and oxygen atoms in total.